The second-order valence-corrected chi connectivity index (χ2v) is 7.74. The molecule has 0 aromatic heterocycles. The summed E-state index contributed by atoms with van der Waals surface area (Å²) in [4.78, 5) is 12.0. The largest absolute Gasteiger partial charge is 0.352 e. The maximum Gasteiger partial charge on any atom is 0.261 e. The van der Waals surface area contributed by atoms with E-state index in [1.165, 1.54) is 24.3 Å². The molecular weight excluding hydrogens is 355 g/mol. The Morgan fingerprint density at radius 1 is 1.12 bits per heavy atom. The number of carbonyl (C=O) groups excluding carboxylic acids is 1. The molecule has 0 spiro atoms. The monoisotopic (exact) mass is 378 g/mol. The molecule has 1 amide bonds. The highest BCUT2D eigenvalue weighted by Gasteiger charge is 2.16. The van der Waals surface area contributed by atoms with E-state index in [2.05, 4.69) is 17.0 Å². The van der Waals surface area contributed by atoms with Gasteiger partial charge >= 0.3 is 0 Å². The minimum atomic E-state index is -3.94. The second-order valence-electron chi connectivity index (χ2n) is 6.06. The molecule has 0 atom stereocenters. The second kappa shape index (κ2) is 8.80. The summed E-state index contributed by atoms with van der Waals surface area (Å²) in [5.41, 5.74) is 0.967. The van der Waals surface area contributed by atoms with Crippen molar-refractivity contribution < 1.29 is 17.6 Å². The summed E-state index contributed by atoms with van der Waals surface area (Å²) < 4.78 is 40.8. The number of aryl methyl sites for hydroxylation is 1. The van der Waals surface area contributed by atoms with Crippen molar-refractivity contribution in [2.45, 2.75) is 38.0 Å². The highest BCUT2D eigenvalue weighted by Crippen LogP contribution is 2.19. The van der Waals surface area contributed by atoms with Gasteiger partial charge in [0.1, 0.15) is 5.82 Å². The van der Waals surface area contributed by atoms with Crippen LogP contribution in [0, 0.1) is 12.7 Å². The van der Waals surface area contributed by atoms with Gasteiger partial charge in [-0.15, -0.1) is 0 Å². The molecule has 0 aliphatic heterocycles. The molecule has 140 valence electrons. The third kappa shape index (κ3) is 5.29. The van der Waals surface area contributed by atoms with Gasteiger partial charge in [-0.05, 0) is 49.2 Å². The average molecular weight is 378 g/mol. The fourth-order valence-electron chi connectivity index (χ4n) is 2.36. The molecule has 2 aromatic carbocycles. The maximum atomic E-state index is 13.6. The van der Waals surface area contributed by atoms with Crippen LogP contribution < -0.4 is 10.0 Å². The van der Waals surface area contributed by atoms with E-state index in [-0.39, 0.29) is 16.5 Å². The van der Waals surface area contributed by atoms with Crippen molar-refractivity contribution >= 4 is 21.6 Å². The number of hydrogen-bond acceptors (Lipinski definition) is 3. The van der Waals surface area contributed by atoms with Crippen LogP contribution in [0.5, 0.6) is 0 Å². The van der Waals surface area contributed by atoms with Gasteiger partial charge in [-0.2, -0.15) is 0 Å². The molecule has 0 saturated heterocycles. The van der Waals surface area contributed by atoms with Crippen LogP contribution in [-0.2, 0) is 10.0 Å². The molecule has 2 aromatic rings. The number of nitrogens with one attached hydrogen (secondary N) is 2. The van der Waals surface area contributed by atoms with Crippen molar-refractivity contribution in [1.29, 1.82) is 0 Å². The van der Waals surface area contributed by atoms with Crippen LogP contribution in [0.1, 0.15) is 42.1 Å². The van der Waals surface area contributed by atoms with Crippen molar-refractivity contribution in [1.82, 2.24) is 5.32 Å². The number of halogens is 1. The average Bonchev–Trinajstić information content (AvgIpc) is 2.60. The van der Waals surface area contributed by atoms with Gasteiger partial charge in [0.05, 0.1) is 4.90 Å². The minimum Gasteiger partial charge on any atom is -0.352 e. The molecule has 0 unspecified atom stereocenters. The predicted octanol–water partition coefficient (Wildman–Crippen LogP) is 3.85. The molecule has 0 saturated carbocycles. The smallest absolute Gasteiger partial charge is 0.261 e. The lowest BCUT2D eigenvalue weighted by Gasteiger charge is -2.10. The Kier molecular flexibility index (Phi) is 6.74. The zero-order valence-corrected chi connectivity index (χ0v) is 15.7. The number of hydrogen-bond donors (Lipinski definition) is 2. The third-order valence-corrected chi connectivity index (χ3v) is 5.28. The minimum absolute atomic E-state index is 0.171. The zero-order chi connectivity index (χ0) is 19.2. The highest BCUT2D eigenvalue weighted by molar-refractivity contribution is 7.92. The Labute approximate surface area is 153 Å². The molecule has 5 nitrogen and oxygen atoms in total. The van der Waals surface area contributed by atoms with Gasteiger partial charge in [-0.25, -0.2) is 12.8 Å². The SMILES string of the molecule is CCCCCNC(=O)c1cccc(NS(=O)(=O)c2ccc(C)c(F)c2)c1. The zero-order valence-electron chi connectivity index (χ0n) is 14.9. The fourth-order valence-corrected chi connectivity index (χ4v) is 3.42. The number of benzene rings is 2. The summed E-state index contributed by atoms with van der Waals surface area (Å²) >= 11 is 0. The number of carbonyl (C=O) groups is 1. The molecule has 7 heteroatoms. The summed E-state index contributed by atoms with van der Waals surface area (Å²) in [6, 6.07) is 9.91. The lowest BCUT2D eigenvalue weighted by atomic mass is 10.2. The normalized spacial score (nSPS) is 11.2. The summed E-state index contributed by atoms with van der Waals surface area (Å²) in [7, 11) is -3.94. The number of sulfonamides is 1. The quantitative estimate of drug-likeness (QED) is 0.685. The van der Waals surface area contributed by atoms with Crippen molar-refractivity contribution in [2.24, 2.45) is 0 Å². The molecule has 0 heterocycles. The summed E-state index contributed by atoms with van der Waals surface area (Å²) in [6.45, 7) is 4.21. The first-order valence-corrected chi connectivity index (χ1v) is 9.99. The summed E-state index contributed by atoms with van der Waals surface area (Å²) in [6.07, 6.45) is 2.99. The van der Waals surface area contributed by atoms with E-state index in [1.807, 2.05) is 0 Å². The molecular formula is C19H23FN2O3S. The number of unbranched alkanes of at least 4 members (excludes halogenated alkanes) is 2. The van der Waals surface area contributed by atoms with Crippen molar-refractivity contribution in [3.05, 3.63) is 59.4 Å². The molecule has 26 heavy (non-hydrogen) atoms. The topological polar surface area (TPSA) is 75.3 Å². The van der Waals surface area contributed by atoms with E-state index >= 15 is 0 Å². The fraction of sp³-hybridized carbons (Fsp3) is 0.316. The van der Waals surface area contributed by atoms with Crippen molar-refractivity contribution in [2.75, 3.05) is 11.3 Å². The number of rotatable bonds is 8. The van der Waals surface area contributed by atoms with E-state index < -0.39 is 15.8 Å². The Hall–Kier alpha value is -2.41. The van der Waals surface area contributed by atoms with Gasteiger partial charge in [0, 0.05) is 17.8 Å². The molecule has 2 rings (SSSR count). The molecule has 0 fully saturated rings. The highest BCUT2D eigenvalue weighted by atomic mass is 32.2. The first-order valence-electron chi connectivity index (χ1n) is 8.50. The molecule has 0 aliphatic carbocycles. The molecule has 0 radical (unpaired) electrons. The first-order chi connectivity index (χ1) is 12.3. The lowest BCUT2D eigenvalue weighted by molar-refractivity contribution is 0.0953. The molecule has 0 aliphatic rings. The van der Waals surface area contributed by atoms with Crippen LogP contribution in [0.4, 0.5) is 10.1 Å². The third-order valence-electron chi connectivity index (χ3n) is 3.90. The van der Waals surface area contributed by atoms with Crippen LogP contribution in [0.2, 0.25) is 0 Å². The number of amides is 1. The maximum absolute atomic E-state index is 13.6. The van der Waals surface area contributed by atoms with Gasteiger partial charge in [-0.3, -0.25) is 9.52 Å². The van der Waals surface area contributed by atoms with Crippen LogP contribution in [-0.4, -0.2) is 20.9 Å². The van der Waals surface area contributed by atoms with E-state index in [0.29, 0.717) is 17.7 Å². The summed E-state index contributed by atoms with van der Waals surface area (Å²) in [5.74, 6) is -0.850. The van der Waals surface area contributed by atoms with Gasteiger partial charge in [0.25, 0.3) is 15.9 Å². The standard InChI is InChI=1S/C19H23FN2O3S/c1-3-4-5-11-21-19(23)15-7-6-8-16(12-15)22-26(24,25)17-10-9-14(2)18(20)13-17/h6-10,12-13,22H,3-5,11H2,1-2H3,(H,21,23). The lowest BCUT2D eigenvalue weighted by Crippen LogP contribution is -2.24. The van der Waals surface area contributed by atoms with E-state index in [1.54, 1.807) is 19.1 Å². The Bertz CT molecular complexity index is 882. The Morgan fingerprint density at radius 2 is 1.88 bits per heavy atom. The van der Waals surface area contributed by atoms with Gasteiger partial charge in [-0.1, -0.05) is 31.9 Å². The van der Waals surface area contributed by atoms with Crippen LogP contribution in [0.3, 0.4) is 0 Å². The molecule has 2 N–H and O–H groups in total. The van der Waals surface area contributed by atoms with Crippen molar-refractivity contribution in [3.8, 4) is 0 Å². The Morgan fingerprint density at radius 3 is 2.58 bits per heavy atom. The summed E-state index contributed by atoms with van der Waals surface area (Å²) in [5, 5.41) is 2.80. The van der Waals surface area contributed by atoms with Crippen LogP contribution >= 0.6 is 0 Å². The number of anilines is 1. The van der Waals surface area contributed by atoms with Crippen molar-refractivity contribution in [3.63, 3.8) is 0 Å². The first kappa shape index (κ1) is 19.9. The van der Waals surface area contributed by atoms with Gasteiger partial charge in [0.15, 0.2) is 0 Å². The van der Waals surface area contributed by atoms with Crippen LogP contribution in [0.15, 0.2) is 47.4 Å². The Balaban J connectivity index is 2.12. The van der Waals surface area contributed by atoms with E-state index in [4.69, 9.17) is 0 Å². The molecule has 0 bridgehead atoms. The van der Waals surface area contributed by atoms with Gasteiger partial charge < -0.3 is 5.32 Å². The predicted molar refractivity (Wildman–Crippen MR) is 100 cm³/mol. The van der Waals surface area contributed by atoms with E-state index in [9.17, 15) is 17.6 Å². The van der Waals surface area contributed by atoms with E-state index in [0.717, 1.165) is 25.3 Å². The van der Waals surface area contributed by atoms with Gasteiger partial charge in [0.2, 0.25) is 0 Å². The van der Waals surface area contributed by atoms with Crippen LogP contribution in [0.25, 0.3) is 0 Å².